The van der Waals surface area contributed by atoms with E-state index in [1.807, 2.05) is 0 Å². The zero-order valence-electron chi connectivity index (χ0n) is 18.1. The van der Waals surface area contributed by atoms with Crippen LogP contribution in [0.25, 0.3) is 0 Å². The summed E-state index contributed by atoms with van der Waals surface area (Å²) in [6.45, 7) is 5.26. The van der Waals surface area contributed by atoms with Crippen molar-refractivity contribution in [3.05, 3.63) is 12.0 Å². The lowest BCUT2D eigenvalue weighted by Crippen LogP contribution is -1.96. The van der Waals surface area contributed by atoms with Gasteiger partial charge in [-0.3, -0.25) is 0 Å². The number of aliphatic hydroxyl groups excluding tert-OH is 1. The second kappa shape index (κ2) is 22.4. The van der Waals surface area contributed by atoms with E-state index in [2.05, 4.69) is 13.8 Å². The number of hydrogen-bond acceptors (Lipinski definition) is 2. The van der Waals surface area contributed by atoms with E-state index in [9.17, 15) is 5.11 Å². The van der Waals surface area contributed by atoms with Crippen LogP contribution in [-0.2, 0) is 4.74 Å². The minimum Gasteiger partial charge on any atom is -0.512 e. The van der Waals surface area contributed by atoms with Crippen molar-refractivity contribution in [2.24, 2.45) is 0 Å². The first kappa shape index (κ1) is 25.3. The monoisotopic (exact) mass is 368 g/mol. The first-order chi connectivity index (χ1) is 12.8. The van der Waals surface area contributed by atoms with Crippen molar-refractivity contribution in [2.45, 2.75) is 136 Å². The van der Waals surface area contributed by atoms with Crippen LogP contribution >= 0.6 is 0 Å². The molecule has 0 radical (unpaired) electrons. The minimum absolute atomic E-state index is 0.755. The first-order valence-corrected chi connectivity index (χ1v) is 11.8. The number of aliphatic hydroxyl groups is 1. The molecule has 0 saturated carbocycles. The van der Waals surface area contributed by atoms with E-state index >= 15 is 0 Å². The summed E-state index contributed by atoms with van der Waals surface area (Å²) < 4.78 is 5.66. The maximum absolute atomic E-state index is 9.25. The van der Waals surface area contributed by atoms with E-state index in [1.54, 1.807) is 0 Å². The maximum Gasteiger partial charge on any atom is 0.130 e. The number of ether oxygens (including phenoxy) is 1. The van der Waals surface area contributed by atoms with Gasteiger partial charge in [0.2, 0.25) is 0 Å². The van der Waals surface area contributed by atoms with Crippen LogP contribution < -0.4 is 0 Å². The van der Waals surface area contributed by atoms with Gasteiger partial charge in [-0.2, -0.15) is 0 Å². The summed E-state index contributed by atoms with van der Waals surface area (Å²) in [7, 11) is 0. The molecule has 0 unspecified atom stereocenters. The highest BCUT2D eigenvalue weighted by Crippen LogP contribution is 2.15. The average molecular weight is 369 g/mol. The molecule has 26 heavy (non-hydrogen) atoms. The Morgan fingerprint density at radius 2 is 0.962 bits per heavy atom. The molecule has 0 amide bonds. The number of rotatable bonds is 21. The molecule has 0 aromatic heterocycles. The fraction of sp³-hybridized carbons (Fsp3) is 0.917. The van der Waals surface area contributed by atoms with Crippen LogP contribution in [-0.4, -0.2) is 11.7 Å². The van der Waals surface area contributed by atoms with E-state index in [0.29, 0.717) is 0 Å². The fourth-order valence-corrected chi connectivity index (χ4v) is 3.40. The van der Waals surface area contributed by atoms with Gasteiger partial charge < -0.3 is 9.84 Å². The molecular formula is C24H48O2. The van der Waals surface area contributed by atoms with Gasteiger partial charge in [-0.05, 0) is 12.8 Å². The standard InChI is InChI=1S/C24H48O2/c1-3-5-7-9-10-11-12-13-14-15-16-17-18-19-21-24(23-25)26-22-20-8-6-4-2/h23,25H,3-22H2,1-2H3/b24-23-. The molecule has 0 aliphatic heterocycles. The third-order valence-corrected chi connectivity index (χ3v) is 5.21. The Kier molecular flexibility index (Phi) is 21.8. The predicted molar refractivity (Wildman–Crippen MR) is 116 cm³/mol. The van der Waals surface area contributed by atoms with Gasteiger partial charge in [0.1, 0.15) is 12.0 Å². The SMILES string of the molecule is CCCCCCCCCCCCCCCC/C(=C/O)OCCCCCC. The molecule has 0 spiro atoms. The van der Waals surface area contributed by atoms with E-state index in [4.69, 9.17) is 4.74 Å². The molecule has 2 heteroatoms. The molecule has 0 bridgehead atoms. The lowest BCUT2D eigenvalue weighted by Gasteiger charge is -2.09. The molecule has 0 aromatic carbocycles. The van der Waals surface area contributed by atoms with Crippen molar-refractivity contribution >= 4 is 0 Å². The molecule has 2 nitrogen and oxygen atoms in total. The zero-order valence-corrected chi connectivity index (χ0v) is 18.1. The minimum atomic E-state index is 0.755. The van der Waals surface area contributed by atoms with E-state index in [1.165, 1.54) is 109 Å². The van der Waals surface area contributed by atoms with Gasteiger partial charge in [-0.15, -0.1) is 0 Å². The number of allylic oxidation sites excluding steroid dienone is 1. The van der Waals surface area contributed by atoms with Crippen molar-refractivity contribution in [3.8, 4) is 0 Å². The molecule has 0 heterocycles. The van der Waals surface area contributed by atoms with Gasteiger partial charge >= 0.3 is 0 Å². The molecule has 0 aromatic rings. The fourth-order valence-electron chi connectivity index (χ4n) is 3.40. The third-order valence-electron chi connectivity index (χ3n) is 5.21. The summed E-state index contributed by atoms with van der Waals surface area (Å²) >= 11 is 0. The highest BCUT2D eigenvalue weighted by atomic mass is 16.5. The summed E-state index contributed by atoms with van der Waals surface area (Å²) in [5.41, 5.74) is 0. The zero-order chi connectivity index (χ0) is 19.1. The maximum atomic E-state index is 9.25. The van der Waals surface area contributed by atoms with E-state index < -0.39 is 0 Å². The Labute approximate surface area is 164 Å². The summed E-state index contributed by atoms with van der Waals surface area (Å²) in [4.78, 5) is 0. The molecule has 0 fully saturated rings. The van der Waals surface area contributed by atoms with Crippen LogP contribution in [0.15, 0.2) is 12.0 Å². The van der Waals surface area contributed by atoms with Gasteiger partial charge in [-0.25, -0.2) is 0 Å². The van der Waals surface area contributed by atoms with Crippen molar-refractivity contribution in [1.82, 2.24) is 0 Å². The summed E-state index contributed by atoms with van der Waals surface area (Å²) in [5.74, 6) is 0.778. The Hall–Kier alpha value is -0.660. The first-order valence-electron chi connectivity index (χ1n) is 11.8. The van der Waals surface area contributed by atoms with Crippen molar-refractivity contribution in [2.75, 3.05) is 6.61 Å². The molecule has 0 aliphatic carbocycles. The van der Waals surface area contributed by atoms with Crippen LogP contribution in [0.2, 0.25) is 0 Å². The van der Waals surface area contributed by atoms with Crippen LogP contribution in [0, 0.1) is 0 Å². The average Bonchev–Trinajstić information content (AvgIpc) is 2.66. The molecule has 1 N–H and O–H groups in total. The summed E-state index contributed by atoms with van der Waals surface area (Å²) in [5, 5.41) is 9.25. The molecule has 156 valence electrons. The van der Waals surface area contributed by atoms with Gasteiger partial charge in [-0.1, -0.05) is 117 Å². The van der Waals surface area contributed by atoms with Crippen molar-refractivity contribution in [1.29, 1.82) is 0 Å². The van der Waals surface area contributed by atoms with Crippen molar-refractivity contribution < 1.29 is 9.84 Å². The number of hydrogen-bond donors (Lipinski definition) is 1. The van der Waals surface area contributed by atoms with Gasteiger partial charge in [0.05, 0.1) is 6.61 Å². The van der Waals surface area contributed by atoms with Crippen LogP contribution in [0.4, 0.5) is 0 Å². The smallest absolute Gasteiger partial charge is 0.130 e. The Bertz CT molecular complexity index is 286. The molecule has 0 saturated heterocycles. The summed E-state index contributed by atoms with van der Waals surface area (Å²) in [6, 6.07) is 0. The van der Waals surface area contributed by atoms with E-state index in [0.717, 1.165) is 31.6 Å². The topological polar surface area (TPSA) is 29.5 Å². The molecule has 0 atom stereocenters. The highest BCUT2D eigenvalue weighted by Gasteiger charge is 2.00. The normalized spacial score (nSPS) is 11.8. The molecular weight excluding hydrogens is 320 g/mol. The van der Waals surface area contributed by atoms with Crippen LogP contribution in [0.5, 0.6) is 0 Å². The van der Waals surface area contributed by atoms with Gasteiger partial charge in [0.15, 0.2) is 0 Å². The summed E-state index contributed by atoms with van der Waals surface area (Å²) in [6.07, 6.45) is 26.2. The third kappa shape index (κ3) is 19.7. The Morgan fingerprint density at radius 1 is 0.577 bits per heavy atom. The second-order valence-corrected chi connectivity index (χ2v) is 7.85. The van der Waals surface area contributed by atoms with Crippen LogP contribution in [0.3, 0.4) is 0 Å². The van der Waals surface area contributed by atoms with Gasteiger partial charge in [0.25, 0.3) is 0 Å². The molecule has 0 aliphatic rings. The second-order valence-electron chi connectivity index (χ2n) is 7.85. The Morgan fingerprint density at radius 3 is 1.38 bits per heavy atom. The van der Waals surface area contributed by atoms with Crippen LogP contribution in [0.1, 0.15) is 136 Å². The van der Waals surface area contributed by atoms with Gasteiger partial charge in [0, 0.05) is 6.42 Å². The predicted octanol–water partition coefficient (Wildman–Crippen LogP) is 8.85. The molecule has 0 rings (SSSR count). The van der Waals surface area contributed by atoms with Crippen molar-refractivity contribution in [3.63, 3.8) is 0 Å². The van der Waals surface area contributed by atoms with E-state index in [-0.39, 0.29) is 0 Å². The highest BCUT2D eigenvalue weighted by molar-refractivity contribution is 4.86. The Balaban J connectivity index is 3.24. The quantitative estimate of drug-likeness (QED) is 0.162. The number of unbranched alkanes of at least 4 members (excludes halogenated alkanes) is 16. The lowest BCUT2D eigenvalue weighted by molar-refractivity contribution is 0.182. The lowest BCUT2D eigenvalue weighted by atomic mass is 10.0. The largest absolute Gasteiger partial charge is 0.512 e.